The number of hydrogen-bond donors (Lipinski definition) is 1. The molecule has 0 aliphatic carbocycles. The van der Waals surface area contributed by atoms with Gasteiger partial charge in [-0.05, 0) is 82.7 Å². The third kappa shape index (κ3) is 7.68. The predicted octanol–water partition coefficient (Wildman–Crippen LogP) is 8.72. The molecule has 4 atom stereocenters. The van der Waals surface area contributed by atoms with Crippen LogP contribution >= 0.6 is 0 Å². The van der Waals surface area contributed by atoms with Gasteiger partial charge in [-0.2, -0.15) is 0 Å². The highest BCUT2D eigenvalue weighted by atomic mass is 28.3. The van der Waals surface area contributed by atoms with Gasteiger partial charge in [0, 0.05) is 30.1 Å². The summed E-state index contributed by atoms with van der Waals surface area (Å²) in [5.41, 5.74) is 4.18. The van der Waals surface area contributed by atoms with E-state index in [1.54, 1.807) is 18.2 Å². The van der Waals surface area contributed by atoms with Crippen LogP contribution in [0.15, 0.2) is 30.3 Å². The standard InChI is InChI=1S/C46H59F2N7O4Si/c1-25(2)60(26(3)4,27(5)6)21-20-31-33(47)18-16-29-14-13-15-32(36(29)31)39-38(48)40-37-42(52-41(50-40)43(56)49-28(7)22-53(11)12)54-23-30-17-19-34(35(54)24-58-44(37)51-39)55(30)45(57)59-46(8,9)10/h13-16,18,25-28,30,34-35H,17,19,22-24H2,1-12H3,(H,49,56)/t28-,30+,34-,35?/m1/s1. The molecule has 4 aromatic rings. The average Bonchev–Trinajstić information content (AvgIpc) is 3.39. The number of nitrogens with zero attached hydrogens (tertiary/aromatic N) is 6. The van der Waals surface area contributed by atoms with E-state index in [0.717, 1.165) is 6.42 Å². The van der Waals surface area contributed by atoms with Crippen LogP contribution in [-0.2, 0) is 4.74 Å². The number of amides is 2. The number of carbonyl (C=O) groups is 2. The van der Waals surface area contributed by atoms with E-state index in [4.69, 9.17) is 19.4 Å². The number of benzene rings is 2. The van der Waals surface area contributed by atoms with Gasteiger partial charge in [0.15, 0.2) is 5.82 Å². The number of hydrogen-bond acceptors (Lipinski definition) is 9. The molecule has 2 aromatic heterocycles. The first-order valence-corrected chi connectivity index (χ1v) is 23.5. The fraction of sp³-hybridized carbons (Fsp3) is 0.543. The van der Waals surface area contributed by atoms with E-state index in [-0.39, 0.29) is 58.6 Å². The Kier molecular flexibility index (Phi) is 11.7. The van der Waals surface area contributed by atoms with Gasteiger partial charge in [-0.1, -0.05) is 71.7 Å². The van der Waals surface area contributed by atoms with E-state index in [2.05, 4.69) is 63.3 Å². The Hall–Kier alpha value is -4.87. The van der Waals surface area contributed by atoms with Crippen molar-refractivity contribution in [1.82, 2.24) is 30.1 Å². The minimum atomic E-state index is -2.30. The smallest absolute Gasteiger partial charge is 0.410 e. The van der Waals surface area contributed by atoms with Crippen molar-refractivity contribution in [2.45, 2.75) is 128 Å². The molecule has 3 aliphatic heterocycles. The van der Waals surface area contributed by atoms with Gasteiger partial charge in [-0.3, -0.25) is 9.69 Å². The largest absolute Gasteiger partial charge is 0.475 e. The summed E-state index contributed by atoms with van der Waals surface area (Å²) in [6, 6.07) is 7.23. The van der Waals surface area contributed by atoms with Crippen LogP contribution in [0.5, 0.6) is 5.88 Å². The molecule has 1 N–H and O–H groups in total. The first-order chi connectivity index (χ1) is 28.2. The molecule has 11 nitrogen and oxygen atoms in total. The third-order valence-corrected chi connectivity index (χ3v) is 18.8. The second kappa shape index (κ2) is 16.2. The van der Waals surface area contributed by atoms with Crippen LogP contribution in [0.25, 0.3) is 32.9 Å². The normalized spacial score (nSPS) is 19.4. The van der Waals surface area contributed by atoms with Crippen molar-refractivity contribution in [3.63, 3.8) is 0 Å². The van der Waals surface area contributed by atoms with Crippen molar-refractivity contribution in [2.75, 3.05) is 38.7 Å². The zero-order chi connectivity index (χ0) is 43.6. The van der Waals surface area contributed by atoms with Crippen LogP contribution in [-0.4, -0.2) is 108 Å². The van der Waals surface area contributed by atoms with Crippen LogP contribution in [0, 0.1) is 23.1 Å². The number of aromatic nitrogens is 3. The first kappa shape index (κ1) is 43.2. The Bertz CT molecular complexity index is 2380. The van der Waals surface area contributed by atoms with Crippen LogP contribution < -0.4 is 15.0 Å². The number of ether oxygens (including phenoxy) is 2. The highest BCUT2D eigenvalue weighted by Crippen LogP contribution is 2.46. The number of pyridine rings is 1. The first-order valence-electron chi connectivity index (χ1n) is 21.3. The molecule has 2 bridgehead atoms. The van der Waals surface area contributed by atoms with Gasteiger partial charge in [0.1, 0.15) is 48.5 Å². The molecule has 14 heteroatoms. The summed E-state index contributed by atoms with van der Waals surface area (Å²) >= 11 is 0. The van der Waals surface area contributed by atoms with E-state index >= 15 is 8.78 Å². The fourth-order valence-electron chi connectivity index (χ4n) is 10.1. The maximum Gasteiger partial charge on any atom is 0.410 e. The maximum absolute atomic E-state index is 17.7. The van der Waals surface area contributed by atoms with Gasteiger partial charge in [0.25, 0.3) is 5.91 Å². The van der Waals surface area contributed by atoms with Gasteiger partial charge in [-0.15, -0.1) is 5.54 Å². The highest BCUT2D eigenvalue weighted by molar-refractivity contribution is 6.90. The molecule has 1 unspecified atom stereocenters. The van der Waals surface area contributed by atoms with Crippen LogP contribution in [0.4, 0.5) is 19.4 Å². The summed E-state index contributed by atoms with van der Waals surface area (Å²) in [7, 11) is 1.52. The second-order valence-electron chi connectivity index (χ2n) is 19.0. The molecule has 2 saturated heterocycles. The van der Waals surface area contributed by atoms with Crippen molar-refractivity contribution >= 4 is 47.6 Å². The Morgan fingerprint density at radius 1 is 0.967 bits per heavy atom. The maximum atomic E-state index is 17.7. The molecule has 60 heavy (non-hydrogen) atoms. The van der Waals surface area contributed by atoms with E-state index in [1.165, 1.54) is 6.07 Å². The number of halogens is 2. The topological polar surface area (TPSA) is 113 Å². The molecule has 2 fully saturated rings. The summed E-state index contributed by atoms with van der Waals surface area (Å²) in [6.45, 7) is 21.6. The van der Waals surface area contributed by atoms with Crippen LogP contribution in [0.3, 0.4) is 0 Å². The molecule has 2 aromatic carbocycles. The predicted molar refractivity (Wildman–Crippen MR) is 235 cm³/mol. The van der Waals surface area contributed by atoms with Crippen molar-refractivity contribution < 1.29 is 27.8 Å². The fourth-order valence-corrected chi connectivity index (χ4v) is 15.3. The third-order valence-electron chi connectivity index (χ3n) is 12.5. The molecule has 0 spiro atoms. The lowest BCUT2D eigenvalue weighted by atomic mass is 9.96. The van der Waals surface area contributed by atoms with E-state index < -0.39 is 43.4 Å². The molecule has 5 heterocycles. The summed E-state index contributed by atoms with van der Waals surface area (Å²) in [5.74, 6) is 1.66. The molecule has 0 saturated carbocycles. The summed E-state index contributed by atoms with van der Waals surface area (Å²) in [4.78, 5) is 47.7. The Labute approximate surface area is 353 Å². The lowest BCUT2D eigenvalue weighted by Gasteiger charge is -2.46. The van der Waals surface area contributed by atoms with Crippen molar-refractivity contribution in [3.8, 4) is 28.6 Å². The van der Waals surface area contributed by atoms with Crippen LogP contribution in [0.1, 0.15) is 98.3 Å². The van der Waals surface area contributed by atoms with Gasteiger partial charge in [0.05, 0.1) is 23.7 Å². The number of anilines is 1. The number of carbonyl (C=O) groups excluding carboxylic acids is 2. The van der Waals surface area contributed by atoms with E-state index in [9.17, 15) is 9.59 Å². The van der Waals surface area contributed by atoms with Gasteiger partial charge in [0.2, 0.25) is 11.7 Å². The monoisotopic (exact) mass is 839 g/mol. The summed E-state index contributed by atoms with van der Waals surface area (Å²) < 4.78 is 46.3. The quantitative estimate of drug-likeness (QED) is 0.138. The van der Waals surface area contributed by atoms with Crippen molar-refractivity contribution in [2.24, 2.45) is 0 Å². The minimum Gasteiger partial charge on any atom is -0.475 e. The lowest BCUT2D eigenvalue weighted by molar-refractivity contribution is 0.00539. The lowest BCUT2D eigenvalue weighted by Crippen LogP contribution is -2.63. The molecule has 0 radical (unpaired) electrons. The molecular formula is C46H59F2N7O4Si. The summed E-state index contributed by atoms with van der Waals surface area (Å²) in [6.07, 6.45) is 1.03. The number of nitrogens with one attached hydrogen (secondary N) is 1. The number of rotatable bonds is 8. The Balaban J connectivity index is 1.44. The van der Waals surface area contributed by atoms with Gasteiger partial charge in [-0.25, -0.2) is 28.5 Å². The SMILES string of the molecule is CC(C)[Si](C#Cc1c(F)ccc2cccc(-c3nc4c5c(nc(C(=O)N[C@H](C)CN(C)C)nc5c3F)N3C[C@@H]5CC[C@H](C3CO4)N5C(=O)OC(C)(C)C)c12)(C(C)C)C(C)C. The Morgan fingerprint density at radius 2 is 1.67 bits per heavy atom. The second-order valence-corrected chi connectivity index (χ2v) is 24.6. The van der Waals surface area contributed by atoms with Crippen molar-refractivity contribution in [3.05, 3.63) is 53.4 Å². The van der Waals surface area contributed by atoms with Crippen LogP contribution in [0.2, 0.25) is 16.6 Å². The molecule has 7 rings (SSSR count). The molecule has 320 valence electrons. The van der Waals surface area contributed by atoms with Gasteiger partial charge < -0.3 is 24.6 Å². The summed E-state index contributed by atoms with van der Waals surface area (Å²) in [5, 5.41) is 4.31. The van der Waals surface area contributed by atoms with Crippen molar-refractivity contribution in [1.29, 1.82) is 0 Å². The number of likely N-dealkylation sites (N-methyl/N-ethyl adjacent to an activating group) is 1. The van der Waals surface area contributed by atoms with E-state index in [0.29, 0.717) is 58.3 Å². The molecule has 2 amide bonds. The average molecular weight is 840 g/mol. The zero-order valence-electron chi connectivity index (χ0n) is 37.0. The molecule has 3 aliphatic rings. The van der Waals surface area contributed by atoms with E-state index in [1.807, 2.05) is 62.6 Å². The number of piperazine rings is 1. The minimum absolute atomic E-state index is 0.0883. The zero-order valence-corrected chi connectivity index (χ0v) is 38.0. The van der Waals surface area contributed by atoms with Gasteiger partial charge >= 0.3 is 6.09 Å². The molecular weight excluding hydrogens is 781 g/mol. The highest BCUT2D eigenvalue weighted by Gasteiger charge is 2.52. The number of fused-ring (bicyclic) bond motifs is 6. The Morgan fingerprint density at radius 3 is 2.32 bits per heavy atom.